The SMILES string of the molecule is CC(C)(C)Cc1ccc2nnn(C3CCC(=O)NC3=O)c(=O)c2c1. The Bertz CT molecular complexity index is 880. The summed E-state index contributed by atoms with van der Waals surface area (Å²) in [6, 6.07) is 4.75. The lowest BCUT2D eigenvalue weighted by atomic mass is 9.88. The molecule has 1 aliphatic rings. The van der Waals surface area contributed by atoms with Crippen molar-refractivity contribution < 1.29 is 9.59 Å². The predicted molar refractivity (Wildman–Crippen MR) is 88.4 cm³/mol. The first-order valence-corrected chi connectivity index (χ1v) is 7.96. The third-order valence-corrected chi connectivity index (χ3v) is 3.99. The highest BCUT2D eigenvalue weighted by Gasteiger charge is 2.30. The summed E-state index contributed by atoms with van der Waals surface area (Å²) in [6.07, 6.45) is 1.27. The van der Waals surface area contributed by atoms with Crippen molar-refractivity contribution >= 4 is 22.7 Å². The number of rotatable bonds is 2. The number of carbonyl (C=O) groups is 2. The number of amides is 2. The van der Waals surface area contributed by atoms with Gasteiger partial charge in [-0.15, -0.1) is 5.10 Å². The molecule has 2 amide bonds. The van der Waals surface area contributed by atoms with E-state index in [-0.39, 0.29) is 29.7 Å². The summed E-state index contributed by atoms with van der Waals surface area (Å²) in [7, 11) is 0. The zero-order valence-corrected chi connectivity index (χ0v) is 14.0. The minimum Gasteiger partial charge on any atom is -0.295 e. The Hall–Kier alpha value is -2.57. The zero-order valence-electron chi connectivity index (χ0n) is 14.0. The fraction of sp³-hybridized carbons (Fsp3) is 0.471. The molecule has 1 unspecified atom stereocenters. The van der Waals surface area contributed by atoms with Gasteiger partial charge in [0, 0.05) is 6.42 Å². The summed E-state index contributed by atoms with van der Waals surface area (Å²) >= 11 is 0. The van der Waals surface area contributed by atoms with E-state index in [0.29, 0.717) is 10.9 Å². The van der Waals surface area contributed by atoms with Crippen LogP contribution in [0, 0.1) is 5.41 Å². The number of imide groups is 1. The Morgan fingerprint density at radius 2 is 2.00 bits per heavy atom. The lowest BCUT2D eigenvalue weighted by molar-refractivity contribution is -0.136. The molecule has 2 heterocycles. The summed E-state index contributed by atoms with van der Waals surface area (Å²) < 4.78 is 1.09. The van der Waals surface area contributed by atoms with Gasteiger partial charge in [-0.05, 0) is 36.0 Å². The largest absolute Gasteiger partial charge is 0.295 e. The van der Waals surface area contributed by atoms with Crippen molar-refractivity contribution in [3.63, 3.8) is 0 Å². The van der Waals surface area contributed by atoms with Crippen LogP contribution in [0.1, 0.15) is 45.2 Å². The molecule has 1 N–H and O–H groups in total. The molecule has 1 atom stereocenters. The lowest BCUT2D eigenvalue weighted by Gasteiger charge is -2.21. The van der Waals surface area contributed by atoms with Crippen LogP contribution < -0.4 is 10.9 Å². The average molecular weight is 328 g/mol. The van der Waals surface area contributed by atoms with Crippen LogP contribution in [-0.4, -0.2) is 26.8 Å². The summed E-state index contributed by atoms with van der Waals surface area (Å²) in [5.41, 5.74) is 1.28. The lowest BCUT2D eigenvalue weighted by Crippen LogP contribution is -2.45. The van der Waals surface area contributed by atoms with E-state index in [2.05, 4.69) is 36.4 Å². The molecule has 7 heteroatoms. The fourth-order valence-electron chi connectivity index (χ4n) is 2.94. The first kappa shape index (κ1) is 16.3. The van der Waals surface area contributed by atoms with Gasteiger partial charge in [-0.2, -0.15) is 4.68 Å². The monoisotopic (exact) mass is 328 g/mol. The van der Waals surface area contributed by atoms with Gasteiger partial charge in [-0.1, -0.05) is 32.1 Å². The number of carbonyl (C=O) groups excluding carboxylic acids is 2. The number of aromatic nitrogens is 3. The standard InChI is InChI=1S/C17H20N4O3/c1-17(2,3)9-10-4-5-12-11(8-10)16(24)21(20-19-12)13-6-7-14(22)18-15(13)23/h4-5,8,13H,6-7,9H2,1-3H3,(H,18,22,23). The van der Waals surface area contributed by atoms with E-state index in [1.807, 2.05) is 12.1 Å². The van der Waals surface area contributed by atoms with Crippen LogP contribution >= 0.6 is 0 Å². The Morgan fingerprint density at radius 1 is 1.25 bits per heavy atom. The summed E-state index contributed by atoms with van der Waals surface area (Å²) in [4.78, 5) is 36.0. The number of hydrogen-bond acceptors (Lipinski definition) is 5. The molecule has 3 rings (SSSR count). The Kier molecular flexibility index (Phi) is 3.95. The molecule has 2 aromatic rings. The molecule has 0 aliphatic carbocycles. The molecule has 1 aromatic carbocycles. The van der Waals surface area contributed by atoms with E-state index in [0.717, 1.165) is 16.7 Å². The Balaban J connectivity index is 2.04. The van der Waals surface area contributed by atoms with Crippen molar-refractivity contribution in [1.82, 2.24) is 20.3 Å². The van der Waals surface area contributed by atoms with Crippen molar-refractivity contribution in [2.24, 2.45) is 5.41 Å². The molecule has 0 saturated carbocycles. The molecule has 24 heavy (non-hydrogen) atoms. The van der Waals surface area contributed by atoms with Crippen molar-refractivity contribution in [1.29, 1.82) is 0 Å². The topological polar surface area (TPSA) is 93.9 Å². The van der Waals surface area contributed by atoms with Gasteiger partial charge in [-0.25, -0.2) is 0 Å². The normalized spacial score (nSPS) is 18.7. The second-order valence-corrected chi connectivity index (χ2v) is 7.40. The number of fused-ring (bicyclic) bond motifs is 1. The molecular formula is C17H20N4O3. The van der Waals surface area contributed by atoms with E-state index in [9.17, 15) is 14.4 Å². The Labute approximate surface area is 139 Å². The highest BCUT2D eigenvalue weighted by Crippen LogP contribution is 2.22. The minimum absolute atomic E-state index is 0.0940. The van der Waals surface area contributed by atoms with E-state index in [1.54, 1.807) is 6.07 Å². The molecule has 126 valence electrons. The molecule has 0 spiro atoms. The quantitative estimate of drug-likeness (QED) is 0.840. The fourth-order valence-corrected chi connectivity index (χ4v) is 2.94. The van der Waals surface area contributed by atoms with Gasteiger partial charge in [-0.3, -0.25) is 19.7 Å². The second kappa shape index (κ2) is 5.81. The van der Waals surface area contributed by atoms with E-state index in [1.165, 1.54) is 0 Å². The molecular weight excluding hydrogens is 308 g/mol. The molecule has 1 aromatic heterocycles. The zero-order chi connectivity index (χ0) is 17.5. The first-order valence-electron chi connectivity index (χ1n) is 7.96. The number of benzene rings is 1. The number of piperidine rings is 1. The summed E-state index contributed by atoms with van der Waals surface area (Å²) in [5, 5.41) is 10.6. The van der Waals surface area contributed by atoms with Gasteiger partial charge < -0.3 is 0 Å². The molecule has 0 bridgehead atoms. The van der Waals surface area contributed by atoms with Crippen molar-refractivity contribution in [2.45, 2.75) is 46.1 Å². The summed E-state index contributed by atoms with van der Waals surface area (Å²) in [5.74, 6) is -0.835. The third kappa shape index (κ3) is 3.20. The smallest absolute Gasteiger partial charge is 0.278 e. The van der Waals surface area contributed by atoms with Crippen LogP contribution in [0.5, 0.6) is 0 Å². The van der Waals surface area contributed by atoms with Crippen LogP contribution in [0.3, 0.4) is 0 Å². The highest BCUT2D eigenvalue weighted by molar-refractivity contribution is 5.99. The first-order chi connectivity index (χ1) is 11.2. The van der Waals surface area contributed by atoms with Crippen molar-refractivity contribution in [2.75, 3.05) is 0 Å². The van der Waals surface area contributed by atoms with Crippen LogP contribution in [-0.2, 0) is 16.0 Å². The third-order valence-electron chi connectivity index (χ3n) is 3.99. The van der Waals surface area contributed by atoms with Crippen molar-refractivity contribution in [3.05, 3.63) is 34.1 Å². The van der Waals surface area contributed by atoms with Gasteiger partial charge in [0.15, 0.2) is 0 Å². The van der Waals surface area contributed by atoms with Gasteiger partial charge in [0.1, 0.15) is 11.6 Å². The maximum absolute atomic E-state index is 12.8. The van der Waals surface area contributed by atoms with Crippen LogP contribution in [0.2, 0.25) is 0 Å². The van der Waals surface area contributed by atoms with Crippen LogP contribution in [0.25, 0.3) is 10.9 Å². The van der Waals surface area contributed by atoms with Gasteiger partial charge in [0.2, 0.25) is 5.91 Å². The maximum Gasteiger partial charge on any atom is 0.278 e. The van der Waals surface area contributed by atoms with E-state index in [4.69, 9.17) is 0 Å². The average Bonchev–Trinajstić information content (AvgIpc) is 2.47. The molecule has 0 radical (unpaired) electrons. The number of nitrogens with one attached hydrogen (secondary N) is 1. The van der Waals surface area contributed by atoms with Gasteiger partial charge in [0.25, 0.3) is 11.5 Å². The highest BCUT2D eigenvalue weighted by atomic mass is 16.2. The number of hydrogen-bond donors (Lipinski definition) is 1. The van der Waals surface area contributed by atoms with E-state index >= 15 is 0 Å². The molecule has 1 aliphatic heterocycles. The van der Waals surface area contributed by atoms with Crippen LogP contribution in [0.15, 0.2) is 23.0 Å². The van der Waals surface area contributed by atoms with Crippen molar-refractivity contribution in [3.8, 4) is 0 Å². The van der Waals surface area contributed by atoms with E-state index < -0.39 is 11.9 Å². The molecule has 7 nitrogen and oxygen atoms in total. The second-order valence-electron chi connectivity index (χ2n) is 7.40. The van der Waals surface area contributed by atoms with Gasteiger partial charge in [0.05, 0.1) is 5.39 Å². The predicted octanol–water partition coefficient (Wildman–Crippen LogP) is 1.36. The van der Waals surface area contributed by atoms with Gasteiger partial charge >= 0.3 is 0 Å². The molecule has 1 saturated heterocycles. The van der Waals surface area contributed by atoms with Crippen LogP contribution in [0.4, 0.5) is 0 Å². The minimum atomic E-state index is -0.793. The summed E-state index contributed by atoms with van der Waals surface area (Å²) in [6.45, 7) is 6.39. The molecule has 1 fully saturated rings. The Morgan fingerprint density at radius 3 is 2.67 bits per heavy atom. The number of nitrogens with zero attached hydrogens (tertiary/aromatic N) is 3. The maximum atomic E-state index is 12.8.